The number of carboxylic acid groups (broad SMARTS) is 1. The summed E-state index contributed by atoms with van der Waals surface area (Å²) >= 11 is 1.62. The standard InChI is InChI=1S/C21H19N3O2S/c1-12-9-17(11-23-18-7-5-16(6-8-18)21(25)26)14(3)24(12)20-19(10-22)13(2)15(4)27-20/h5-9,11H,1-4H3,(H,25,26). The molecule has 5 nitrogen and oxygen atoms in total. The van der Waals surface area contributed by atoms with Crippen molar-refractivity contribution >= 4 is 29.2 Å². The lowest BCUT2D eigenvalue weighted by atomic mass is 10.2. The van der Waals surface area contributed by atoms with Crippen molar-refractivity contribution in [3.63, 3.8) is 0 Å². The van der Waals surface area contributed by atoms with Gasteiger partial charge in [0.05, 0.1) is 16.8 Å². The number of aryl methyl sites for hydroxylation is 2. The van der Waals surface area contributed by atoms with Crippen molar-refractivity contribution in [2.24, 2.45) is 4.99 Å². The number of carbonyl (C=O) groups is 1. The molecule has 3 aromatic rings. The quantitative estimate of drug-likeness (QED) is 0.643. The number of carboxylic acids is 1. The second kappa shape index (κ2) is 7.22. The highest BCUT2D eigenvalue weighted by atomic mass is 32.1. The number of benzene rings is 1. The molecular formula is C21H19N3O2S. The van der Waals surface area contributed by atoms with Gasteiger partial charge in [0.1, 0.15) is 11.1 Å². The van der Waals surface area contributed by atoms with Crippen molar-refractivity contribution in [1.29, 1.82) is 5.26 Å². The number of aliphatic imine (C=N–C) groups is 1. The van der Waals surface area contributed by atoms with E-state index < -0.39 is 5.97 Å². The van der Waals surface area contributed by atoms with Crippen molar-refractivity contribution in [3.05, 3.63) is 68.9 Å². The summed E-state index contributed by atoms with van der Waals surface area (Å²) in [5, 5.41) is 19.5. The zero-order chi connectivity index (χ0) is 19.7. The van der Waals surface area contributed by atoms with Gasteiger partial charge in [-0.3, -0.25) is 4.99 Å². The van der Waals surface area contributed by atoms with E-state index in [4.69, 9.17) is 5.11 Å². The van der Waals surface area contributed by atoms with Gasteiger partial charge in [-0.25, -0.2) is 4.79 Å². The van der Waals surface area contributed by atoms with Crippen LogP contribution in [-0.4, -0.2) is 21.9 Å². The zero-order valence-electron chi connectivity index (χ0n) is 15.6. The van der Waals surface area contributed by atoms with Gasteiger partial charge >= 0.3 is 5.97 Å². The first kappa shape index (κ1) is 18.6. The van der Waals surface area contributed by atoms with Gasteiger partial charge < -0.3 is 9.67 Å². The number of nitrogens with zero attached hydrogens (tertiary/aromatic N) is 3. The monoisotopic (exact) mass is 377 g/mol. The van der Waals surface area contributed by atoms with Crippen molar-refractivity contribution in [2.45, 2.75) is 27.7 Å². The fourth-order valence-electron chi connectivity index (χ4n) is 2.96. The normalized spacial score (nSPS) is 11.1. The third kappa shape index (κ3) is 3.42. The van der Waals surface area contributed by atoms with Crippen molar-refractivity contribution in [1.82, 2.24) is 4.57 Å². The first-order valence-corrected chi connectivity index (χ1v) is 9.22. The van der Waals surface area contributed by atoms with Gasteiger partial charge in [-0.1, -0.05) is 0 Å². The smallest absolute Gasteiger partial charge is 0.335 e. The highest BCUT2D eigenvalue weighted by molar-refractivity contribution is 7.14. The van der Waals surface area contributed by atoms with E-state index in [0.717, 1.165) is 32.4 Å². The Morgan fingerprint density at radius 3 is 2.48 bits per heavy atom. The molecule has 6 heteroatoms. The van der Waals surface area contributed by atoms with Gasteiger partial charge in [-0.2, -0.15) is 5.26 Å². The molecule has 0 bridgehead atoms. The van der Waals surface area contributed by atoms with Gasteiger partial charge in [0.25, 0.3) is 0 Å². The SMILES string of the molecule is Cc1sc(-n2c(C)cc(C=Nc3ccc(C(=O)O)cc3)c2C)c(C#N)c1C. The Kier molecular flexibility index (Phi) is 4.98. The zero-order valence-corrected chi connectivity index (χ0v) is 16.4. The van der Waals surface area contributed by atoms with Crippen LogP contribution in [0.5, 0.6) is 0 Å². The van der Waals surface area contributed by atoms with Crippen LogP contribution in [0, 0.1) is 39.0 Å². The summed E-state index contributed by atoms with van der Waals surface area (Å²) in [6.45, 7) is 8.03. The van der Waals surface area contributed by atoms with Crippen LogP contribution >= 0.6 is 11.3 Å². The van der Waals surface area contributed by atoms with E-state index in [2.05, 4.69) is 15.6 Å². The van der Waals surface area contributed by atoms with Crippen molar-refractivity contribution in [2.75, 3.05) is 0 Å². The lowest BCUT2D eigenvalue weighted by Gasteiger charge is -2.07. The molecule has 0 atom stereocenters. The van der Waals surface area contributed by atoms with E-state index in [0.29, 0.717) is 11.3 Å². The maximum Gasteiger partial charge on any atom is 0.335 e. The summed E-state index contributed by atoms with van der Waals surface area (Å²) in [6.07, 6.45) is 1.77. The van der Waals surface area contributed by atoms with Crippen LogP contribution in [0.4, 0.5) is 5.69 Å². The van der Waals surface area contributed by atoms with Crippen LogP contribution in [0.3, 0.4) is 0 Å². The number of rotatable bonds is 4. The Hall–Kier alpha value is -3.17. The molecule has 0 aliphatic heterocycles. The van der Waals surface area contributed by atoms with E-state index in [9.17, 15) is 10.1 Å². The molecule has 0 amide bonds. The Labute approximate surface area is 161 Å². The molecule has 0 fully saturated rings. The molecule has 1 N–H and O–H groups in total. The molecule has 136 valence electrons. The number of thiophene rings is 1. The maximum absolute atomic E-state index is 10.9. The Balaban J connectivity index is 1.98. The highest BCUT2D eigenvalue weighted by Gasteiger charge is 2.18. The summed E-state index contributed by atoms with van der Waals surface area (Å²) in [6, 6.07) is 10.8. The highest BCUT2D eigenvalue weighted by Crippen LogP contribution is 2.33. The first-order chi connectivity index (χ1) is 12.8. The Bertz CT molecular complexity index is 1100. The van der Waals surface area contributed by atoms with Crippen LogP contribution < -0.4 is 0 Å². The third-order valence-electron chi connectivity index (χ3n) is 4.62. The summed E-state index contributed by atoms with van der Waals surface area (Å²) < 4.78 is 2.10. The largest absolute Gasteiger partial charge is 0.478 e. The molecule has 1 aromatic carbocycles. The second-order valence-electron chi connectivity index (χ2n) is 6.35. The van der Waals surface area contributed by atoms with E-state index in [1.807, 2.05) is 33.8 Å². The third-order valence-corrected chi connectivity index (χ3v) is 5.81. The van der Waals surface area contributed by atoms with Gasteiger partial charge in [0.15, 0.2) is 0 Å². The van der Waals surface area contributed by atoms with Gasteiger partial charge in [-0.05, 0) is 63.6 Å². The Morgan fingerprint density at radius 2 is 1.89 bits per heavy atom. The average molecular weight is 377 g/mol. The lowest BCUT2D eigenvalue weighted by Crippen LogP contribution is -1.99. The second-order valence-corrected chi connectivity index (χ2v) is 7.55. The van der Waals surface area contributed by atoms with Crippen molar-refractivity contribution in [3.8, 4) is 11.1 Å². The molecule has 0 saturated heterocycles. The predicted molar refractivity (Wildman–Crippen MR) is 108 cm³/mol. The van der Waals surface area contributed by atoms with Gasteiger partial charge in [0, 0.05) is 28.0 Å². The summed E-state index contributed by atoms with van der Waals surface area (Å²) in [5.41, 5.74) is 5.67. The number of hydrogen-bond acceptors (Lipinski definition) is 4. The molecule has 27 heavy (non-hydrogen) atoms. The summed E-state index contributed by atoms with van der Waals surface area (Å²) in [4.78, 5) is 16.5. The molecule has 0 saturated carbocycles. The van der Waals surface area contributed by atoms with Crippen molar-refractivity contribution < 1.29 is 9.90 Å². The molecule has 0 radical (unpaired) electrons. The number of nitriles is 1. The fourth-order valence-corrected chi connectivity index (χ4v) is 4.18. The molecular weight excluding hydrogens is 358 g/mol. The number of aromatic carboxylic acids is 1. The molecule has 0 aliphatic rings. The molecule has 0 unspecified atom stereocenters. The van der Waals surface area contributed by atoms with Gasteiger partial charge in [0.2, 0.25) is 0 Å². The van der Waals surface area contributed by atoms with E-state index in [1.165, 1.54) is 12.1 Å². The molecule has 2 aromatic heterocycles. The van der Waals surface area contributed by atoms with Crippen LogP contribution in [-0.2, 0) is 0 Å². The molecule has 2 heterocycles. The van der Waals surface area contributed by atoms with Crippen LogP contribution in [0.15, 0.2) is 35.3 Å². The topological polar surface area (TPSA) is 78.4 Å². The van der Waals surface area contributed by atoms with E-state index in [1.54, 1.807) is 29.7 Å². The summed E-state index contributed by atoms with van der Waals surface area (Å²) in [7, 11) is 0. The average Bonchev–Trinajstić information content (AvgIpc) is 3.08. The van der Waals surface area contributed by atoms with Gasteiger partial charge in [-0.15, -0.1) is 11.3 Å². The fraction of sp³-hybridized carbons (Fsp3) is 0.190. The predicted octanol–water partition coefficient (Wildman–Crippen LogP) is 5.09. The number of hydrogen-bond donors (Lipinski definition) is 1. The number of aromatic nitrogens is 1. The van der Waals surface area contributed by atoms with E-state index >= 15 is 0 Å². The minimum absolute atomic E-state index is 0.236. The minimum Gasteiger partial charge on any atom is -0.478 e. The molecule has 3 rings (SSSR count). The van der Waals surface area contributed by atoms with Crippen LogP contribution in [0.25, 0.3) is 5.00 Å². The summed E-state index contributed by atoms with van der Waals surface area (Å²) in [5.74, 6) is -0.955. The first-order valence-electron chi connectivity index (χ1n) is 8.40. The maximum atomic E-state index is 10.9. The molecule has 0 aliphatic carbocycles. The van der Waals surface area contributed by atoms with Crippen LogP contribution in [0.1, 0.15) is 43.3 Å². The molecule has 0 spiro atoms. The van der Waals surface area contributed by atoms with Crippen LogP contribution in [0.2, 0.25) is 0 Å². The van der Waals surface area contributed by atoms with E-state index in [-0.39, 0.29) is 5.56 Å². The minimum atomic E-state index is -0.955. The Morgan fingerprint density at radius 1 is 1.22 bits per heavy atom. The lowest BCUT2D eigenvalue weighted by molar-refractivity contribution is 0.0697.